The quantitative estimate of drug-likeness (QED) is 0.586. The van der Waals surface area contributed by atoms with Crippen LogP contribution in [-0.2, 0) is 9.59 Å². The monoisotopic (exact) mass is 189 g/mol. The molecule has 0 N–H and O–H groups in total. The summed E-state index contributed by atoms with van der Waals surface area (Å²) >= 11 is 0. The highest BCUT2D eigenvalue weighted by atomic mass is 16.1. The van der Waals surface area contributed by atoms with Gasteiger partial charge in [-0.3, -0.25) is 9.59 Å². The first-order valence-electron chi connectivity index (χ1n) is 4.86. The molecule has 2 aliphatic carbocycles. The number of ketones is 1. The van der Waals surface area contributed by atoms with E-state index in [2.05, 4.69) is 6.07 Å². The van der Waals surface area contributed by atoms with Crippen LogP contribution in [0.1, 0.15) is 25.7 Å². The summed E-state index contributed by atoms with van der Waals surface area (Å²) in [7, 11) is 0. The lowest BCUT2D eigenvalue weighted by Gasteiger charge is -2.32. The number of Topliss-reactive ketones (excluding diaryl/α,β-unsaturated/α-hetero) is 1. The maximum atomic E-state index is 11.8. The van der Waals surface area contributed by atoms with Gasteiger partial charge in [0.25, 0.3) is 0 Å². The number of fused-ring (bicyclic) bond motifs is 1. The second-order valence-corrected chi connectivity index (χ2v) is 3.95. The summed E-state index contributed by atoms with van der Waals surface area (Å²) in [6.07, 6.45) is 5.30. The molecule has 3 heteroatoms. The third kappa shape index (κ3) is 0.913. The molecule has 1 saturated carbocycles. The van der Waals surface area contributed by atoms with Gasteiger partial charge in [-0.25, -0.2) is 0 Å². The predicted molar refractivity (Wildman–Crippen MR) is 49.2 cm³/mol. The molecule has 0 amide bonds. The molecule has 0 aromatic rings. The molecule has 0 aliphatic heterocycles. The number of hydrogen-bond acceptors (Lipinski definition) is 3. The Kier molecular flexibility index (Phi) is 1.99. The highest BCUT2D eigenvalue weighted by molar-refractivity contribution is 5.99. The van der Waals surface area contributed by atoms with Gasteiger partial charge in [-0.1, -0.05) is 6.08 Å². The van der Waals surface area contributed by atoms with Gasteiger partial charge >= 0.3 is 0 Å². The summed E-state index contributed by atoms with van der Waals surface area (Å²) in [5.41, 5.74) is -0.685. The van der Waals surface area contributed by atoms with Crippen LogP contribution in [0.2, 0.25) is 0 Å². The summed E-state index contributed by atoms with van der Waals surface area (Å²) in [4.78, 5) is 22.6. The van der Waals surface area contributed by atoms with E-state index in [9.17, 15) is 9.59 Å². The van der Waals surface area contributed by atoms with Crippen molar-refractivity contribution in [3.8, 4) is 6.07 Å². The van der Waals surface area contributed by atoms with Gasteiger partial charge in [0.15, 0.2) is 5.78 Å². The molecule has 0 heterocycles. The first-order chi connectivity index (χ1) is 6.75. The van der Waals surface area contributed by atoms with Crippen molar-refractivity contribution in [2.75, 3.05) is 0 Å². The average Bonchev–Trinajstić information content (AvgIpc) is 2.58. The smallest absolute Gasteiger partial charge is 0.157 e. The Morgan fingerprint density at radius 3 is 3.07 bits per heavy atom. The van der Waals surface area contributed by atoms with Crippen LogP contribution in [0.15, 0.2) is 11.6 Å². The number of allylic oxidation sites excluding steroid dienone is 2. The normalized spacial score (nSPS) is 35.8. The van der Waals surface area contributed by atoms with E-state index < -0.39 is 5.41 Å². The minimum atomic E-state index is -1.08. The summed E-state index contributed by atoms with van der Waals surface area (Å²) in [6.45, 7) is 0. The van der Waals surface area contributed by atoms with Crippen molar-refractivity contribution in [3.63, 3.8) is 0 Å². The molecule has 72 valence electrons. The zero-order valence-corrected chi connectivity index (χ0v) is 7.82. The van der Waals surface area contributed by atoms with Gasteiger partial charge in [0.05, 0.1) is 6.07 Å². The molecule has 0 aromatic heterocycles. The van der Waals surface area contributed by atoms with E-state index in [1.165, 1.54) is 0 Å². The molecule has 0 radical (unpaired) electrons. The van der Waals surface area contributed by atoms with Crippen molar-refractivity contribution in [1.82, 2.24) is 0 Å². The number of aldehydes is 1. The lowest BCUT2D eigenvalue weighted by Crippen LogP contribution is -2.39. The third-order valence-electron chi connectivity index (χ3n) is 3.39. The van der Waals surface area contributed by atoms with Crippen LogP contribution in [0, 0.1) is 22.7 Å². The van der Waals surface area contributed by atoms with Gasteiger partial charge in [0, 0.05) is 12.0 Å². The highest BCUT2D eigenvalue weighted by Gasteiger charge is 2.52. The first-order valence-corrected chi connectivity index (χ1v) is 4.86. The van der Waals surface area contributed by atoms with E-state index in [4.69, 9.17) is 5.26 Å². The lowest BCUT2D eigenvalue weighted by atomic mass is 9.65. The molecule has 0 aromatic carbocycles. The largest absolute Gasteiger partial charge is 0.298 e. The zero-order chi connectivity index (χ0) is 10.2. The Morgan fingerprint density at radius 1 is 1.64 bits per heavy atom. The molecular formula is C11H11NO2. The summed E-state index contributed by atoms with van der Waals surface area (Å²) in [6, 6.07) is 2.08. The maximum absolute atomic E-state index is 11.8. The molecule has 1 fully saturated rings. The van der Waals surface area contributed by atoms with Crippen LogP contribution in [0.25, 0.3) is 0 Å². The minimum absolute atomic E-state index is 0.0500. The summed E-state index contributed by atoms with van der Waals surface area (Å²) < 4.78 is 0. The van der Waals surface area contributed by atoms with E-state index in [1.54, 1.807) is 6.08 Å². The molecule has 3 nitrogen and oxygen atoms in total. The third-order valence-corrected chi connectivity index (χ3v) is 3.39. The van der Waals surface area contributed by atoms with Crippen molar-refractivity contribution in [1.29, 1.82) is 5.26 Å². The fourth-order valence-corrected chi connectivity index (χ4v) is 2.63. The van der Waals surface area contributed by atoms with Gasteiger partial charge < -0.3 is 0 Å². The number of nitriles is 1. The van der Waals surface area contributed by atoms with E-state index in [0.29, 0.717) is 24.7 Å². The van der Waals surface area contributed by atoms with Crippen LogP contribution in [0.3, 0.4) is 0 Å². The fraction of sp³-hybridized carbons (Fsp3) is 0.545. The molecule has 0 spiro atoms. The van der Waals surface area contributed by atoms with E-state index in [-0.39, 0.29) is 11.7 Å². The van der Waals surface area contributed by atoms with Gasteiger partial charge in [-0.2, -0.15) is 5.26 Å². The molecule has 2 aliphatic rings. The van der Waals surface area contributed by atoms with E-state index in [0.717, 1.165) is 12.8 Å². The maximum Gasteiger partial charge on any atom is 0.157 e. The Bertz CT molecular complexity index is 364. The average molecular weight is 189 g/mol. The number of nitrogens with zero attached hydrogens (tertiary/aromatic N) is 1. The second kappa shape index (κ2) is 3.06. The lowest BCUT2D eigenvalue weighted by molar-refractivity contribution is -0.129. The molecular weight excluding hydrogens is 178 g/mol. The van der Waals surface area contributed by atoms with Crippen LogP contribution in [0.5, 0.6) is 0 Å². The summed E-state index contributed by atoms with van der Waals surface area (Å²) in [5.74, 6) is -0.0129. The van der Waals surface area contributed by atoms with Crippen LogP contribution in [-0.4, -0.2) is 12.1 Å². The van der Waals surface area contributed by atoms with Crippen molar-refractivity contribution in [2.24, 2.45) is 11.3 Å². The van der Waals surface area contributed by atoms with Gasteiger partial charge in [0.2, 0.25) is 0 Å². The molecule has 14 heavy (non-hydrogen) atoms. The Balaban J connectivity index is 2.49. The van der Waals surface area contributed by atoms with Gasteiger partial charge in [0.1, 0.15) is 11.7 Å². The zero-order valence-electron chi connectivity index (χ0n) is 7.82. The van der Waals surface area contributed by atoms with Gasteiger partial charge in [-0.15, -0.1) is 0 Å². The van der Waals surface area contributed by atoms with Crippen molar-refractivity contribution >= 4 is 12.1 Å². The van der Waals surface area contributed by atoms with Crippen LogP contribution < -0.4 is 0 Å². The summed E-state index contributed by atoms with van der Waals surface area (Å²) in [5, 5.41) is 9.15. The van der Waals surface area contributed by atoms with E-state index in [1.807, 2.05) is 0 Å². The predicted octanol–water partition coefficient (Wildman–Crippen LogP) is 1.39. The molecule has 0 saturated heterocycles. The Hall–Kier alpha value is -1.43. The Labute approximate surface area is 82.4 Å². The number of carbonyl (C=O) groups excluding carboxylic acids is 2. The topological polar surface area (TPSA) is 57.9 Å². The van der Waals surface area contributed by atoms with Crippen molar-refractivity contribution in [3.05, 3.63) is 11.6 Å². The molecule has 0 bridgehead atoms. The second-order valence-electron chi connectivity index (χ2n) is 3.95. The Morgan fingerprint density at radius 2 is 2.43 bits per heavy atom. The van der Waals surface area contributed by atoms with Crippen LogP contribution >= 0.6 is 0 Å². The highest BCUT2D eigenvalue weighted by Crippen LogP contribution is 2.49. The number of rotatable bonds is 1. The van der Waals surface area contributed by atoms with Crippen molar-refractivity contribution in [2.45, 2.75) is 25.7 Å². The first kappa shape index (κ1) is 9.14. The number of hydrogen-bond donors (Lipinski definition) is 0. The standard InChI is InChI=1S/C11H11NO2/c12-7-11-8(2-1-3-10(11)14)4-5-9(11)6-13/h5-6,8H,1-4H2/t8-,11-/m1/s1. The molecule has 2 rings (SSSR count). The van der Waals surface area contributed by atoms with Crippen LogP contribution in [0.4, 0.5) is 0 Å². The minimum Gasteiger partial charge on any atom is -0.298 e. The van der Waals surface area contributed by atoms with Crippen molar-refractivity contribution < 1.29 is 9.59 Å². The number of carbonyl (C=O) groups is 2. The van der Waals surface area contributed by atoms with Gasteiger partial charge in [-0.05, 0) is 25.2 Å². The molecule has 2 atom stereocenters. The SMILES string of the molecule is N#C[C@@]12C(=O)CCC[C@@H]1CC=C2C=O. The molecule has 0 unspecified atom stereocenters. The van der Waals surface area contributed by atoms with E-state index >= 15 is 0 Å². The fourth-order valence-electron chi connectivity index (χ4n) is 2.63.